The molecule has 0 radical (unpaired) electrons. The second kappa shape index (κ2) is 18.2. The molecule has 4 atom stereocenters. The zero-order valence-corrected chi connectivity index (χ0v) is 22.4. The predicted molar refractivity (Wildman–Crippen MR) is 144 cm³/mol. The van der Waals surface area contributed by atoms with Crippen LogP contribution in [0.4, 0.5) is 0 Å². The molecule has 0 spiro atoms. The fourth-order valence-corrected chi connectivity index (χ4v) is 3.38. The molecule has 0 saturated heterocycles. The minimum Gasteiger partial charge on any atom is -0.480 e. The maximum atomic E-state index is 13.0. The van der Waals surface area contributed by atoms with E-state index in [1.54, 1.807) is 0 Å². The van der Waals surface area contributed by atoms with Crippen LogP contribution < -0.4 is 50.4 Å². The molecule has 0 fully saturated rings. The largest absolute Gasteiger partial charge is 0.480 e. The number of carboxylic acid groups (broad SMARTS) is 1. The topological polar surface area (TPSA) is 323 Å². The average molecular weight is 558 g/mol. The van der Waals surface area contributed by atoms with E-state index in [-0.39, 0.29) is 56.6 Å². The summed E-state index contributed by atoms with van der Waals surface area (Å²) in [4.78, 5) is 69.4. The second-order valence-corrected chi connectivity index (χ2v) is 9.33. The molecule has 4 amide bonds. The van der Waals surface area contributed by atoms with E-state index in [9.17, 15) is 29.1 Å². The lowest BCUT2D eigenvalue weighted by Gasteiger charge is -2.25. The number of hydrogen-bond acceptors (Lipinski definition) is 8. The molecule has 4 unspecified atom stereocenters. The van der Waals surface area contributed by atoms with Gasteiger partial charge in [-0.05, 0) is 38.0 Å². The summed E-state index contributed by atoms with van der Waals surface area (Å²) in [5.41, 5.74) is 32.2. The fourth-order valence-electron chi connectivity index (χ4n) is 3.38. The Balaban J connectivity index is 5.66. The van der Waals surface area contributed by atoms with Gasteiger partial charge in [-0.25, -0.2) is 4.79 Å². The lowest BCUT2D eigenvalue weighted by Crippen LogP contribution is -2.57. The van der Waals surface area contributed by atoms with Gasteiger partial charge in [0.05, 0.1) is 12.5 Å². The standard InChI is InChI=1S/C22H43N11O6/c1-11(2)9-12(23)17(35)33-15(10-16(24)34)19(37)31-13(5-3-7-29-21(25)26)18(36)32-14(20(38)39)6-4-8-30-22(27)28/h11-15H,3-10,23H2,1-2H3,(H2,24,34)(H,31,37)(H,32,36)(H,33,35)(H,38,39)(H4,25,26,29)(H4,27,28,30). The van der Waals surface area contributed by atoms with Crippen molar-refractivity contribution in [2.75, 3.05) is 13.1 Å². The third kappa shape index (κ3) is 16.3. The number of nitrogens with zero attached hydrogens (tertiary/aromatic N) is 2. The maximum absolute atomic E-state index is 13.0. The van der Waals surface area contributed by atoms with Crippen LogP contribution in [0, 0.1) is 5.92 Å². The number of aliphatic imine (C=N–C) groups is 2. The Bertz CT molecular complexity index is 901. The summed E-state index contributed by atoms with van der Waals surface area (Å²) in [5.74, 6) is -4.81. The highest BCUT2D eigenvalue weighted by Crippen LogP contribution is 2.06. The van der Waals surface area contributed by atoms with Crippen LogP contribution in [0.1, 0.15) is 52.4 Å². The molecule has 0 saturated carbocycles. The van der Waals surface area contributed by atoms with E-state index < -0.39 is 60.2 Å². The number of aliphatic carboxylic acids is 1. The van der Waals surface area contributed by atoms with E-state index >= 15 is 0 Å². The van der Waals surface area contributed by atoms with Crippen LogP contribution in [0.25, 0.3) is 0 Å². The van der Waals surface area contributed by atoms with Crippen LogP contribution in [0.5, 0.6) is 0 Å². The molecule has 0 aliphatic rings. The van der Waals surface area contributed by atoms with Crippen molar-refractivity contribution in [3.8, 4) is 0 Å². The van der Waals surface area contributed by atoms with Gasteiger partial charge >= 0.3 is 5.97 Å². The molecule has 0 rings (SSSR count). The van der Waals surface area contributed by atoms with E-state index in [1.807, 2.05) is 13.8 Å². The average Bonchev–Trinajstić information content (AvgIpc) is 2.80. The van der Waals surface area contributed by atoms with Crippen molar-refractivity contribution in [3.63, 3.8) is 0 Å². The van der Waals surface area contributed by atoms with Gasteiger partial charge in [0, 0.05) is 13.1 Å². The van der Waals surface area contributed by atoms with Gasteiger partial charge in [-0.1, -0.05) is 13.8 Å². The number of nitrogens with one attached hydrogen (secondary N) is 3. The van der Waals surface area contributed by atoms with Gasteiger partial charge in [0.2, 0.25) is 23.6 Å². The van der Waals surface area contributed by atoms with E-state index in [1.165, 1.54) is 0 Å². The molecular weight excluding hydrogens is 514 g/mol. The van der Waals surface area contributed by atoms with Crippen molar-refractivity contribution in [2.45, 2.75) is 76.5 Å². The van der Waals surface area contributed by atoms with Crippen LogP contribution >= 0.6 is 0 Å². The molecule has 222 valence electrons. The molecule has 16 N–H and O–H groups in total. The summed E-state index contributed by atoms with van der Waals surface area (Å²) in [5, 5.41) is 16.7. The van der Waals surface area contributed by atoms with Gasteiger partial charge in [-0.15, -0.1) is 0 Å². The van der Waals surface area contributed by atoms with Crippen LogP contribution in [0.2, 0.25) is 0 Å². The molecule has 0 aromatic carbocycles. The zero-order chi connectivity index (χ0) is 30.1. The lowest BCUT2D eigenvalue weighted by molar-refractivity contribution is -0.142. The van der Waals surface area contributed by atoms with Crippen LogP contribution in [0.3, 0.4) is 0 Å². The number of primary amides is 1. The van der Waals surface area contributed by atoms with Crippen LogP contribution in [0.15, 0.2) is 9.98 Å². The van der Waals surface area contributed by atoms with Gasteiger partial charge in [0.15, 0.2) is 11.9 Å². The van der Waals surface area contributed by atoms with E-state index in [2.05, 4.69) is 25.9 Å². The second-order valence-electron chi connectivity index (χ2n) is 9.33. The summed E-state index contributed by atoms with van der Waals surface area (Å²) in [6.45, 7) is 3.98. The first-order chi connectivity index (χ1) is 18.1. The molecule has 17 nitrogen and oxygen atoms in total. The first kappa shape index (κ1) is 34.9. The van der Waals surface area contributed by atoms with Crippen molar-refractivity contribution in [1.82, 2.24) is 16.0 Å². The Morgan fingerprint density at radius 1 is 0.718 bits per heavy atom. The number of hydrogen-bond donors (Lipinski definition) is 10. The number of amides is 4. The highest BCUT2D eigenvalue weighted by molar-refractivity contribution is 5.96. The summed E-state index contributed by atoms with van der Waals surface area (Å²) < 4.78 is 0. The van der Waals surface area contributed by atoms with Gasteiger partial charge in [-0.2, -0.15) is 0 Å². The van der Waals surface area contributed by atoms with Crippen molar-refractivity contribution >= 4 is 41.5 Å². The maximum Gasteiger partial charge on any atom is 0.326 e. The van der Waals surface area contributed by atoms with Crippen LogP contribution in [-0.4, -0.2) is 83.9 Å². The predicted octanol–water partition coefficient (Wildman–Crippen LogP) is -4.12. The highest BCUT2D eigenvalue weighted by Gasteiger charge is 2.31. The third-order valence-corrected chi connectivity index (χ3v) is 5.24. The summed E-state index contributed by atoms with van der Waals surface area (Å²) in [6, 6.07) is -4.93. The number of guanidine groups is 2. The Morgan fingerprint density at radius 3 is 1.59 bits per heavy atom. The first-order valence-electron chi connectivity index (χ1n) is 12.4. The molecule has 0 aromatic rings. The molecule has 0 aliphatic heterocycles. The molecular formula is C22H43N11O6. The van der Waals surface area contributed by atoms with Crippen LogP contribution in [-0.2, 0) is 24.0 Å². The molecule has 0 heterocycles. The Morgan fingerprint density at radius 2 is 1.15 bits per heavy atom. The van der Waals surface area contributed by atoms with Crippen molar-refractivity contribution in [3.05, 3.63) is 0 Å². The van der Waals surface area contributed by atoms with Gasteiger partial charge in [0.25, 0.3) is 0 Å². The van der Waals surface area contributed by atoms with Gasteiger partial charge in [-0.3, -0.25) is 29.2 Å². The Kier molecular flexibility index (Phi) is 16.2. The van der Waals surface area contributed by atoms with E-state index in [0.29, 0.717) is 6.42 Å². The number of rotatable bonds is 19. The number of carboxylic acids is 1. The molecule has 39 heavy (non-hydrogen) atoms. The highest BCUT2D eigenvalue weighted by atomic mass is 16.4. The van der Waals surface area contributed by atoms with Gasteiger partial charge in [0.1, 0.15) is 18.1 Å². The third-order valence-electron chi connectivity index (χ3n) is 5.24. The first-order valence-corrected chi connectivity index (χ1v) is 12.4. The van der Waals surface area contributed by atoms with E-state index in [4.69, 9.17) is 34.4 Å². The van der Waals surface area contributed by atoms with Gasteiger partial charge < -0.3 is 55.5 Å². The minimum absolute atomic E-state index is 0.000613. The SMILES string of the molecule is CC(C)CC(N)C(=O)NC(CC(N)=O)C(=O)NC(CCCN=C(N)N)C(=O)NC(CCCN=C(N)N)C(=O)O. The number of carbonyl (C=O) groups is 5. The smallest absolute Gasteiger partial charge is 0.326 e. The van der Waals surface area contributed by atoms with Crippen molar-refractivity contribution in [1.29, 1.82) is 0 Å². The molecule has 17 heteroatoms. The monoisotopic (exact) mass is 557 g/mol. The summed E-state index contributed by atoms with van der Waals surface area (Å²) >= 11 is 0. The summed E-state index contributed by atoms with van der Waals surface area (Å²) in [6.07, 6.45) is 0.243. The minimum atomic E-state index is -1.42. The van der Waals surface area contributed by atoms with Crippen molar-refractivity contribution in [2.24, 2.45) is 50.3 Å². The van der Waals surface area contributed by atoms with Crippen molar-refractivity contribution < 1.29 is 29.1 Å². The molecule has 0 aromatic heterocycles. The Hall–Kier alpha value is -4.15. The fraction of sp³-hybridized carbons (Fsp3) is 0.682. The van der Waals surface area contributed by atoms with E-state index in [0.717, 1.165) is 0 Å². The molecule has 0 aliphatic carbocycles. The lowest BCUT2D eigenvalue weighted by atomic mass is 10.0. The Labute approximate surface area is 226 Å². The molecule has 0 bridgehead atoms. The number of nitrogens with two attached hydrogens (primary N) is 6. The normalized spacial score (nSPS) is 13.7. The zero-order valence-electron chi connectivity index (χ0n) is 22.4. The summed E-state index contributed by atoms with van der Waals surface area (Å²) in [7, 11) is 0. The number of carbonyl (C=O) groups excluding carboxylic acids is 4. The quantitative estimate of drug-likeness (QED) is 0.0413.